The Morgan fingerprint density at radius 2 is 2.22 bits per heavy atom. The van der Waals surface area contributed by atoms with Gasteiger partial charge < -0.3 is 4.90 Å². The molecule has 1 aromatic heterocycles. The van der Waals surface area contributed by atoms with Gasteiger partial charge in [-0.3, -0.25) is 9.59 Å². The van der Waals surface area contributed by atoms with Gasteiger partial charge in [0, 0.05) is 29.8 Å². The maximum absolute atomic E-state index is 12.3. The van der Waals surface area contributed by atoms with Crippen molar-refractivity contribution >= 4 is 39.0 Å². The fraction of sp³-hybridized carbons (Fsp3) is 0.538. The van der Waals surface area contributed by atoms with Crippen LogP contribution in [0.2, 0.25) is 0 Å². The SMILES string of the molecule is CC1(C)CC(=O)CCN1C(=O)Cc1ccc(Br)s1. The zero-order valence-electron chi connectivity index (χ0n) is 10.5. The van der Waals surface area contributed by atoms with Crippen molar-refractivity contribution in [3.05, 3.63) is 20.8 Å². The molecule has 1 fully saturated rings. The molecule has 1 aliphatic rings. The molecule has 1 saturated heterocycles. The Kier molecular flexibility index (Phi) is 3.92. The molecule has 98 valence electrons. The van der Waals surface area contributed by atoms with Gasteiger partial charge in [-0.25, -0.2) is 0 Å². The zero-order valence-corrected chi connectivity index (χ0v) is 12.9. The number of hydrogen-bond donors (Lipinski definition) is 0. The Morgan fingerprint density at radius 3 is 2.78 bits per heavy atom. The summed E-state index contributed by atoms with van der Waals surface area (Å²) in [7, 11) is 0. The molecule has 18 heavy (non-hydrogen) atoms. The molecule has 0 saturated carbocycles. The minimum absolute atomic E-state index is 0.113. The quantitative estimate of drug-likeness (QED) is 0.836. The highest BCUT2D eigenvalue weighted by Crippen LogP contribution is 2.28. The fourth-order valence-corrected chi connectivity index (χ4v) is 3.83. The van der Waals surface area contributed by atoms with Crippen molar-refractivity contribution in [1.82, 2.24) is 4.90 Å². The predicted octanol–water partition coefficient (Wildman–Crippen LogP) is 3.02. The van der Waals surface area contributed by atoms with E-state index >= 15 is 0 Å². The van der Waals surface area contributed by atoms with Gasteiger partial charge in [-0.2, -0.15) is 0 Å². The van der Waals surface area contributed by atoms with E-state index < -0.39 is 0 Å². The molecule has 0 aliphatic carbocycles. The maximum atomic E-state index is 12.3. The summed E-state index contributed by atoms with van der Waals surface area (Å²) < 4.78 is 1.04. The Balaban J connectivity index is 2.06. The van der Waals surface area contributed by atoms with E-state index in [1.807, 2.05) is 30.9 Å². The summed E-state index contributed by atoms with van der Waals surface area (Å²) in [6.07, 6.45) is 1.38. The molecule has 3 nitrogen and oxygen atoms in total. The fourth-order valence-electron chi connectivity index (χ4n) is 2.36. The van der Waals surface area contributed by atoms with Gasteiger partial charge in [-0.1, -0.05) is 0 Å². The van der Waals surface area contributed by atoms with Crippen LogP contribution in [0.4, 0.5) is 0 Å². The van der Waals surface area contributed by atoms with E-state index in [9.17, 15) is 9.59 Å². The Labute approximate surface area is 119 Å². The minimum Gasteiger partial charge on any atom is -0.336 e. The van der Waals surface area contributed by atoms with Gasteiger partial charge >= 0.3 is 0 Å². The number of ketones is 1. The highest BCUT2D eigenvalue weighted by atomic mass is 79.9. The number of piperidine rings is 1. The second-order valence-corrected chi connectivity index (χ2v) is 7.75. The zero-order chi connectivity index (χ0) is 13.3. The van der Waals surface area contributed by atoms with E-state index in [0.29, 0.717) is 25.8 Å². The lowest BCUT2D eigenvalue weighted by molar-refractivity contribution is -0.141. The molecule has 0 atom stereocenters. The number of carbonyl (C=O) groups excluding carboxylic acids is 2. The van der Waals surface area contributed by atoms with Gasteiger partial charge in [0.05, 0.1) is 10.2 Å². The normalized spacial score (nSPS) is 19.1. The first-order valence-corrected chi connectivity index (χ1v) is 7.56. The standard InChI is InChI=1S/C13H16BrNO2S/c1-13(2)8-9(16)5-6-15(13)12(17)7-10-3-4-11(14)18-10/h3-4H,5-8H2,1-2H3. The molecule has 1 aliphatic heterocycles. The highest BCUT2D eigenvalue weighted by Gasteiger charge is 2.36. The van der Waals surface area contributed by atoms with Crippen LogP contribution in [0.3, 0.4) is 0 Å². The Morgan fingerprint density at radius 1 is 1.50 bits per heavy atom. The van der Waals surface area contributed by atoms with Crippen LogP contribution in [0, 0.1) is 0 Å². The van der Waals surface area contributed by atoms with Crippen LogP contribution in [-0.4, -0.2) is 28.7 Å². The molecular weight excluding hydrogens is 314 g/mol. The summed E-state index contributed by atoms with van der Waals surface area (Å²) in [6.45, 7) is 4.48. The van der Waals surface area contributed by atoms with E-state index in [1.54, 1.807) is 11.3 Å². The van der Waals surface area contributed by atoms with Crippen molar-refractivity contribution in [1.29, 1.82) is 0 Å². The van der Waals surface area contributed by atoms with E-state index in [1.165, 1.54) is 0 Å². The van der Waals surface area contributed by atoms with Gasteiger partial charge in [-0.05, 0) is 41.9 Å². The first kappa shape index (κ1) is 13.7. The topological polar surface area (TPSA) is 37.4 Å². The third-order valence-electron chi connectivity index (χ3n) is 3.23. The van der Waals surface area contributed by atoms with E-state index in [2.05, 4.69) is 15.9 Å². The molecule has 1 amide bonds. The van der Waals surface area contributed by atoms with Crippen molar-refractivity contribution in [2.24, 2.45) is 0 Å². The predicted molar refractivity (Wildman–Crippen MR) is 75.8 cm³/mol. The lowest BCUT2D eigenvalue weighted by Gasteiger charge is -2.41. The van der Waals surface area contributed by atoms with Crippen molar-refractivity contribution < 1.29 is 9.59 Å². The molecule has 2 rings (SSSR count). The summed E-state index contributed by atoms with van der Waals surface area (Å²) in [5.41, 5.74) is -0.346. The number of halogens is 1. The molecule has 0 bridgehead atoms. The molecule has 2 heterocycles. The number of thiophene rings is 1. The van der Waals surface area contributed by atoms with E-state index in [4.69, 9.17) is 0 Å². The van der Waals surface area contributed by atoms with Crippen LogP contribution in [0.25, 0.3) is 0 Å². The second kappa shape index (κ2) is 5.13. The summed E-state index contributed by atoms with van der Waals surface area (Å²) in [6, 6.07) is 3.92. The Hall–Kier alpha value is -0.680. The number of rotatable bonds is 2. The second-order valence-electron chi connectivity index (χ2n) is 5.21. The molecule has 0 spiro atoms. The molecule has 1 aromatic rings. The van der Waals surface area contributed by atoms with Crippen LogP contribution in [0.1, 0.15) is 31.6 Å². The van der Waals surface area contributed by atoms with Crippen molar-refractivity contribution in [3.8, 4) is 0 Å². The number of amides is 1. The van der Waals surface area contributed by atoms with Gasteiger partial charge in [-0.15, -0.1) is 11.3 Å². The van der Waals surface area contributed by atoms with Crippen LogP contribution < -0.4 is 0 Å². The van der Waals surface area contributed by atoms with Gasteiger partial charge in [0.2, 0.25) is 5.91 Å². The number of nitrogens with zero attached hydrogens (tertiary/aromatic N) is 1. The molecule has 0 radical (unpaired) electrons. The smallest absolute Gasteiger partial charge is 0.228 e. The summed E-state index contributed by atoms with van der Waals surface area (Å²) >= 11 is 4.98. The summed E-state index contributed by atoms with van der Waals surface area (Å²) in [4.78, 5) is 26.7. The molecule has 5 heteroatoms. The largest absolute Gasteiger partial charge is 0.336 e. The average molecular weight is 330 g/mol. The average Bonchev–Trinajstić information content (AvgIpc) is 2.61. The molecule has 0 N–H and O–H groups in total. The Bertz CT molecular complexity index is 481. The summed E-state index contributed by atoms with van der Waals surface area (Å²) in [5, 5.41) is 0. The summed E-state index contributed by atoms with van der Waals surface area (Å²) in [5.74, 6) is 0.366. The van der Waals surface area contributed by atoms with Crippen LogP contribution in [0.15, 0.2) is 15.9 Å². The van der Waals surface area contributed by atoms with Crippen LogP contribution in [0.5, 0.6) is 0 Å². The van der Waals surface area contributed by atoms with E-state index in [-0.39, 0.29) is 17.2 Å². The number of likely N-dealkylation sites (tertiary alicyclic amines) is 1. The van der Waals surface area contributed by atoms with E-state index in [0.717, 1.165) is 8.66 Å². The first-order valence-electron chi connectivity index (χ1n) is 5.95. The lowest BCUT2D eigenvalue weighted by Crippen LogP contribution is -2.53. The monoisotopic (exact) mass is 329 g/mol. The minimum atomic E-state index is -0.346. The highest BCUT2D eigenvalue weighted by molar-refractivity contribution is 9.11. The maximum Gasteiger partial charge on any atom is 0.228 e. The third kappa shape index (κ3) is 3.01. The van der Waals surface area contributed by atoms with Gasteiger partial charge in [0.25, 0.3) is 0 Å². The third-order valence-corrected chi connectivity index (χ3v) is 4.85. The van der Waals surface area contributed by atoms with Gasteiger partial charge in [0.15, 0.2) is 0 Å². The molecule has 0 unspecified atom stereocenters. The van der Waals surface area contributed by atoms with Crippen LogP contribution >= 0.6 is 27.3 Å². The lowest BCUT2D eigenvalue weighted by atomic mass is 9.89. The number of Topliss-reactive ketones (excluding diaryl/α,β-unsaturated/α-hetero) is 1. The number of hydrogen-bond acceptors (Lipinski definition) is 3. The van der Waals surface area contributed by atoms with Crippen LogP contribution in [-0.2, 0) is 16.0 Å². The van der Waals surface area contributed by atoms with Crippen molar-refractivity contribution in [3.63, 3.8) is 0 Å². The molecular formula is C13H16BrNO2S. The first-order chi connectivity index (χ1) is 8.38. The number of carbonyl (C=O) groups is 2. The van der Waals surface area contributed by atoms with Gasteiger partial charge in [0.1, 0.15) is 5.78 Å². The molecule has 0 aromatic carbocycles. The van der Waals surface area contributed by atoms with Crippen molar-refractivity contribution in [2.75, 3.05) is 6.54 Å². The van der Waals surface area contributed by atoms with Crippen molar-refractivity contribution in [2.45, 2.75) is 38.6 Å².